The van der Waals surface area contributed by atoms with Crippen molar-refractivity contribution >= 4 is 5.91 Å². The zero-order valence-electron chi connectivity index (χ0n) is 10.4. The van der Waals surface area contributed by atoms with Crippen LogP contribution in [0.1, 0.15) is 40.0 Å². The Balaban J connectivity index is 2.70. The molecule has 1 atom stereocenters. The maximum absolute atomic E-state index is 12.4. The fourth-order valence-electron chi connectivity index (χ4n) is 2.16. The van der Waals surface area contributed by atoms with E-state index in [-0.39, 0.29) is 11.9 Å². The molecule has 1 saturated heterocycles. The zero-order valence-corrected chi connectivity index (χ0v) is 10.4. The smallest absolute Gasteiger partial charge is 0.242 e. The molecule has 1 rings (SSSR count). The lowest BCUT2D eigenvalue weighted by Crippen LogP contribution is -2.54. The predicted molar refractivity (Wildman–Crippen MR) is 62.7 cm³/mol. The molecule has 90 valence electrons. The van der Waals surface area contributed by atoms with Crippen LogP contribution >= 0.6 is 0 Å². The van der Waals surface area contributed by atoms with E-state index < -0.39 is 5.54 Å². The molecular formula is C12H21N3O. The topological polar surface area (TPSA) is 56.1 Å². The minimum Gasteiger partial charge on any atom is -0.338 e. The van der Waals surface area contributed by atoms with E-state index in [1.165, 1.54) is 0 Å². The monoisotopic (exact) mass is 223 g/mol. The van der Waals surface area contributed by atoms with Gasteiger partial charge in [0.1, 0.15) is 0 Å². The van der Waals surface area contributed by atoms with Crippen molar-refractivity contribution in [2.24, 2.45) is 0 Å². The Hall–Kier alpha value is -1.08. The summed E-state index contributed by atoms with van der Waals surface area (Å²) in [5, 5.41) is 11.9. The molecule has 0 aliphatic carbocycles. The number of rotatable bonds is 4. The van der Waals surface area contributed by atoms with Crippen LogP contribution in [0.25, 0.3) is 0 Å². The lowest BCUT2D eigenvalue weighted by molar-refractivity contribution is -0.138. The van der Waals surface area contributed by atoms with Gasteiger partial charge in [-0.2, -0.15) is 5.26 Å². The van der Waals surface area contributed by atoms with Gasteiger partial charge in [0, 0.05) is 12.6 Å². The van der Waals surface area contributed by atoms with Crippen LogP contribution in [0.3, 0.4) is 0 Å². The summed E-state index contributed by atoms with van der Waals surface area (Å²) in [4.78, 5) is 14.2. The number of nitrogens with zero attached hydrogens (tertiary/aromatic N) is 2. The van der Waals surface area contributed by atoms with E-state index in [2.05, 4.69) is 11.4 Å². The van der Waals surface area contributed by atoms with Crippen molar-refractivity contribution in [1.29, 1.82) is 5.26 Å². The highest BCUT2D eigenvalue weighted by molar-refractivity contribution is 5.86. The van der Waals surface area contributed by atoms with E-state index in [0.29, 0.717) is 13.0 Å². The van der Waals surface area contributed by atoms with Gasteiger partial charge in [-0.05, 0) is 40.2 Å². The summed E-state index contributed by atoms with van der Waals surface area (Å²) in [6.07, 6.45) is 2.34. The minimum absolute atomic E-state index is 0.134. The Morgan fingerprint density at radius 3 is 2.75 bits per heavy atom. The molecule has 1 unspecified atom stereocenters. The largest absolute Gasteiger partial charge is 0.338 e. The highest BCUT2D eigenvalue weighted by atomic mass is 16.2. The van der Waals surface area contributed by atoms with E-state index in [9.17, 15) is 4.79 Å². The Kier molecular flexibility index (Phi) is 4.31. The van der Waals surface area contributed by atoms with Crippen molar-refractivity contribution in [2.75, 3.05) is 13.1 Å². The van der Waals surface area contributed by atoms with Crippen LogP contribution in [-0.2, 0) is 4.79 Å². The maximum Gasteiger partial charge on any atom is 0.242 e. The summed E-state index contributed by atoms with van der Waals surface area (Å²) in [5.74, 6) is 0.134. The van der Waals surface area contributed by atoms with Crippen LogP contribution in [0.4, 0.5) is 0 Å². The van der Waals surface area contributed by atoms with Crippen molar-refractivity contribution in [2.45, 2.75) is 51.6 Å². The number of amides is 1. The summed E-state index contributed by atoms with van der Waals surface area (Å²) in [6, 6.07) is 2.25. The summed E-state index contributed by atoms with van der Waals surface area (Å²) in [5.41, 5.74) is -0.417. The van der Waals surface area contributed by atoms with Crippen molar-refractivity contribution in [1.82, 2.24) is 10.2 Å². The van der Waals surface area contributed by atoms with Crippen LogP contribution in [0, 0.1) is 11.3 Å². The number of nitrogens with one attached hydrogen (secondary N) is 1. The standard InChI is InChI=1S/C12H21N3O/c1-10(2)15(9-5-7-13)11(16)12(3)6-4-8-14-12/h10,14H,4-6,8-9H2,1-3H3. The Morgan fingerprint density at radius 2 is 2.31 bits per heavy atom. The number of hydrogen-bond acceptors (Lipinski definition) is 3. The molecule has 1 amide bonds. The van der Waals surface area contributed by atoms with Gasteiger partial charge in [-0.15, -0.1) is 0 Å². The highest BCUT2D eigenvalue weighted by Crippen LogP contribution is 2.22. The maximum atomic E-state index is 12.4. The quantitative estimate of drug-likeness (QED) is 0.781. The van der Waals surface area contributed by atoms with Gasteiger partial charge >= 0.3 is 0 Å². The Labute approximate surface area is 97.6 Å². The van der Waals surface area contributed by atoms with Crippen molar-refractivity contribution in [3.8, 4) is 6.07 Å². The second kappa shape index (κ2) is 5.31. The first-order chi connectivity index (χ1) is 7.51. The second-order valence-electron chi connectivity index (χ2n) is 4.86. The third-order valence-electron chi connectivity index (χ3n) is 3.19. The van der Waals surface area contributed by atoms with E-state index >= 15 is 0 Å². The molecule has 0 radical (unpaired) electrons. The van der Waals surface area contributed by atoms with E-state index in [1.54, 1.807) is 0 Å². The molecular weight excluding hydrogens is 202 g/mol. The summed E-state index contributed by atoms with van der Waals surface area (Å²) in [6.45, 7) is 7.39. The number of carbonyl (C=O) groups excluding carboxylic acids is 1. The van der Waals surface area contributed by atoms with Crippen molar-refractivity contribution < 1.29 is 4.79 Å². The molecule has 16 heavy (non-hydrogen) atoms. The first-order valence-electron chi connectivity index (χ1n) is 5.94. The van der Waals surface area contributed by atoms with Crippen LogP contribution < -0.4 is 5.32 Å². The van der Waals surface area contributed by atoms with Gasteiger partial charge in [-0.3, -0.25) is 4.79 Å². The summed E-state index contributed by atoms with van der Waals surface area (Å²) >= 11 is 0. The first-order valence-corrected chi connectivity index (χ1v) is 5.94. The van der Waals surface area contributed by atoms with Gasteiger partial charge in [0.25, 0.3) is 0 Å². The molecule has 0 bridgehead atoms. The van der Waals surface area contributed by atoms with Gasteiger partial charge in [-0.25, -0.2) is 0 Å². The van der Waals surface area contributed by atoms with Crippen molar-refractivity contribution in [3.05, 3.63) is 0 Å². The molecule has 1 aliphatic heterocycles. The first kappa shape index (κ1) is 13.0. The molecule has 4 heteroatoms. The zero-order chi connectivity index (χ0) is 12.2. The predicted octanol–water partition coefficient (Wildman–Crippen LogP) is 1.28. The van der Waals surface area contributed by atoms with Crippen molar-refractivity contribution in [3.63, 3.8) is 0 Å². The lowest BCUT2D eigenvalue weighted by Gasteiger charge is -2.34. The van der Waals surface area contributed by atoms with E-state index in [1.807, 2.05) is 25.7 Å². The number of hydrogen-bond donors (Lipinski definition) is 1. The molecule has 0 saturated carbocycles. The molecule has 1 fully saturated rings. The average molecular weight is 223 g/mol. The van der Waals surface area contributed by atoms with Crippen LogP contribution in [0.15, 0.2) is 0 Å². The average Bonchev–Trinajstić information content (AvgIpc) is 2.66. The van der Waals surface area contributed by atoms with Crippen LogP contribution in [0.5, 0.6) is 0 Å². The number of carbonyl (C=O) groups is 1. The lowest BCUT2D eigenvalue weighted by atomic mass is 9.97. The van der Waals surface area contributed by atoms with Crippen LogP contribution in [-0.4, -0.2) is 35.5 Å². The fourth-order valence-corrected chi connectivity index (χ4v) is 2.16. The van der Waals surface area contributed by atoms with Gasteiger partial charge in [0.05, 0.1) is 18.0 Å². The molecule has 1 heterocycles. The molecule has 0 aromatic carbocycles. The molecule has 0 spiro atoms. The van der Waals surface area contributed by atoms with Gasteiger partial charge in [-0.1, -0.05) is 0 Å². The SMILES string of the molecule is CC(C)N(CCC#N)C(=O)C1(C)CCCN1. The minimum atomic E-state index is -0.417. The Bertz CT molecular complexity index is 287. The Morgan fingerprint density at radius 1 is 1.62 bits per heavy atom. The highest BCUT2D eigenvalue weighted by Gasteiger charge is 2.39. The molecule has 4 nitrogen and oxygen atoms in total. The summed E-state index contributed by atoms with van der Waals surface area (Å²) in [7, 11) is 0. The molecule has 0 aromatic heterocycles. The van der Waals surface area contributed by atoms with E-state index in [4.69, 9.17) is 5.26 Å². The second-order valence-corrected chi connectivity index (χ2v) is 4.86. The third kappa shape index (κ3) is 2.73. The molecule has 1 aliphatic rings. The van der Waals surface area contributed by atoms with E-state index in [0.717, 1.165) is 19.4 Å². The third-order valence-corrected chi connectivity index (χ3v) is 3.19. The number of nitriles is 1. The molecule has 1 N–H and O–H groups in total. The normalized spacial score (nSPS) is 24.4. The van der Waals surface area contributed by atoms with Crippen LogP contribution in [0.2, 0.25) is 0 Å². The van der Waals surface area contributed by atoms with Gasteiger partial charge < -0.3 is 10.2 Å². The van der Waals surface area contributed by atoms with Gasteiger partial charge in [0.15, 0.2) is 0 Å². The summed E-state index contributed by atoms with van der Waals surface area (Å²) < 4.78 is 0. The molecule has 0 aromatic rings. The van der Waals surface area contributed by atoms with Gasteiger partial charge in [0.2, 0.25) is 5.91 Å². The fraction of sp³-hybridized carbons (Fsp3) is 0.833.